The number of benzene rings is 5. The van der Waals surface area contributed by atoms with Gasteiger partial charge in [-0.1, -0.05) is 77.8 Å². The lowest BCUT2D eigenvalue weighted by Crippen LogP contribution is -2.30. The molecule has 5 aromatic rings. The number of carboxylic acids is 1. The van der Waals surface area contributed by atoms with Gasteiger partial charge in [-0.25, -0.2) is 4.79 Å². The molecule has 1 atom stereocenters. The Morgan fingerprint density at radius 3 is 1.81 bits per heavy atom. The van der Waals surface area contributed by atoms with Gasteiger partial charge in [0.2, 0.25) is 5.91 Å². The fraction of sp³-hybridized carbons (Fsp3) is 0.0270. The van der Waals surface area contributed by atoms with Crippen LogP contribution >= 0.6 is 35.0 Å². The molecule has 5 aromatic carbocycles. The summed E-state index contributed by atoms with van der Waals surface area (Å²) in [6.45, 7) is 0. The van der Waals surface area contributed by atoms with Crippen molar-refractivity contribution in [2.45, 2.75) is 10.1 Å². The molecule has 0 bridgehead atoms. The highest BCUT2D eigenvalue weighted by Gasteiger charge is 2.23. The number of halogens is 2. The van der Waals surface area contributed by atoms with Gasteiger partial charge in [-0.3, -0.25) is 14.4 Å². The summed E-state index contributed by atoms with van der Waals surface area (Å²) in [6, 6.07) is 35.5. The smallest absolute Gasteiger partial charge is 0.335 e. The molecule has 0 aliphatic heterocycles. The first-order valence-corrected chi connectivity index (χ1v) is 16.1. The van der Waals surface area contributed by atoms with Crippen LogP contribution < -0.4 is 16.0 Å². The van der Waals surface area contributed by atoms with E-state index in [0.29, 0.717) is 32.5 Å². The summed E-state index contributed by atoms with van der Waals surface area (Å²) in [5.74, 6) is -2.45. The number of aromatic carboxylic acids is 1. The van der Waals surface area contributed by atoms with Crippen molar-refractivity contribution in [1.82, 2.24) is 5.32 Å². The largest absolute Gasteiger partial charge is 0.478 e. The Labute approximate surface area is 290 Å². The van der Waals surface area contributed by atoms with Crippen LogP contribution in [0.15, 0.2) is 138 Å². The summed E-state index contributed by atoms with van der Waals surface area (Å²) in [5.41, 5.74) is 2.44. The summed E-state index contributed by atoms with van der Waals surface area (Å²) in [5, 5.41) is 17.5. The quantitative estimate of drug-likeness (QED) is 0.0811. The van der Waals surface area contributed by atoms with E-state index in [0.717, 1.165) is 10.5 Å². The van der Waals surface area contributed by atoms with Crippen LogP contribution in [0.5, 0.6) is 0 Å². The summed E-state index contributed by atoms with van der Waals surface area (Å²) >= 11 is 14.0. The Morgan fingerprint density at radius 2 is 1.21 bits per heavy atom. The molecule has 1 unspecified atom stereocenters. The molecular weight excluding hydrogens is 669 g/mol. The number of anilines is 2. The molecule has 0 aromatic heterocycles. The van der Waals surface area contributed by atoms with Gasteiger partial charge in [0, 0.05) is 37.4 Å². The lowest BCUT2D eigenvalue weighted by Gasteiger charge is -2.18. The second-order valence-corrected chi connectivity index (χ2v) is 12.3. The van der Waals surface area contributed by atoms with Gasteiger partial charge in [-0.2, -0.15) is 0 Å². The van der Waals surface area contributed by atoms with Crippen LogP contribution in [0.2, 0.25) is 10.0 Å². The normalized spacial score (nSPS) is 11.7. The number of thioether (sulfide) groups is 1. The van der Waals surface area contributed by atoms with E-state index in [9.17, 15) is 19.2 Å². The number of hydrogen-bond donors (Lipinski definition) is 4. The number of carbonyl (C=O) groups is 4. The molecule has 0 saturated heterocycles. The highest BCUT2D eigenvalue weighted by Crippen LogP contribution is 2.37. The van der Waals surface area contributed by atoms with Gasteiger partial charge in [0.05, 0.1) is 5.56 Å². The van der Waals surface area contributed by atoms with Crippen molar-refractivity contribution < 1.29 is 24.3 Å². The second-order valence-electron chi connectivity index (χ2n) is 10.3. The van der Waals surface area contributed by atoms with E-state index >= 15 is 0 Å². The third kappa shape index (κ3) is 8.92. The van der Waals surface area contributed by atoms with Crippen molar-refractivity contribution in [3.05, 3.63) is 165 Å². The summed E-state index contributed by atoms with van der Waals surface area (Å²) in [7, 11) is 0. The van der Waals surface area contributed by atoms with Crippen LogP contribution in [-0.2, 0) is 9.59 Å². The number of carbonyl (C=O) groups excluding carboxylic acids is 3. The van der Waals surface area contributed by atoms with Crippen LogP contribution in [-0.4, -0.2) is 28.8 Å². The molecule has 0 heterocycles. The van der Waals surface area contributed by atoms with Gasteiger partial charge < -0.3 is 21.1 Å². The van der Waals surface area contributed by atoms with Crippen LogP contribution in [0.3, 0.4) is 0 Å². The molecule has 0 aliphatic rings. The first-order valence-electron chi connectivity index (χ1n) is 14.5. The Bertz CT molecular complexity index is 1950. The number of carboxylic acid groups (broad SMARTS) is 1. The van der Waals surface area contributed by atoms with Crippen molar-refractivity contribution in [3.8, 4) is 0 Å². The van der Waals surface area contributed by atoms with E-state index in [-0.39, 0.29) is 17.2 Å². The SMILES string of the molecule is O=C(Nc1ccc(SC(C(=O)Nc2ccc(C(=O)O)cc2)c2ccccc2)cc1)/C(=C/c1c(Cl)cccc1Cl)NC(=O)c1ccccc1. The molecule has 240 valence electrons. The van der Waals surface area contributed by atoms with E-state index in [2.05, 4.69) is 16.0 Å². The summed E-state index contributed by atoms with van der Waals surface area (Å²) in [6.07, 6.45) is 1.42. The molecule has 3 amide bonds. The van der Waals surface area contributed by atoms with Crippen molar-refractivity contribution >= 4 is 76.1 Å². The Hall–Kier alpha value is -5.35. The van der Waals surface area contributed by atoms with Crippen molar-refractivity contribution in [2.75, 3.05) is 10.6 Å². The molecular formula is C37H27Cl2N3O5S. The van der Waals surface area contributed by atoms with Crippen molar-refractivity contribution in [3.63, 3.8) is 0 Å². The average molecular weight is 697 g/mol. The van der Waals surface area contributed by atoms with Gasteiger partial charge in [-0.15, -0.1) is 11.8 Å². The predicted octanol–water partition coefficient (Wildman–Crippen LogP) is 8.57. The van der Waals surface area contributed by atoms with E-state index in [1.807, 2.05) is 30.3 Å². The highest BCUT2D eigenvalue weighted by molar-refractivity contribution is 8.00. The maximum atomic E-state index is 13.5. The zero-order chi connectivity index (χ0) is 34.0. The number of nitrogens with one attached hydrogen (secondary N) is 3. The summed E-state index contributed by atoms with van der Waals surface area (Å²) in [4.78, 5) is 51.9. The monoisotopic (exact) mass is 695 g/mol. The van der Waals surface area contributed by atoms with Gasteiger partial charge in [0.1, 0.15) is 10.9 Å². The minimum atomic E-state index is -1.06. The highest BCUT2D eigenvalue weighted by atomic mass is 35.5. The zero-order valence-corrected chi connectivity index (χ0v) is 27.4. The third-order valence-corrected chi connectivity index (χ3v) is 8.85. The fourth-order valence-electron chi connectivity index (χ4n) is 4.49. The molecule has 48 heavy (non-hydrogen) atoms. The molecule has 4 N–H and O–H groups in total. The van der Waals surface area contributed by atoms with Gasteiger partial charge in [0.15, 0.2) is 0 Å². The van der Waals surface area contributed by atoms with Crippen molar-refractivity contribution in [1.29, 1.82) is 0 Å². The van der Waals surface area contributed by atoms with E-state index in [1.165, 1.54) is 42.1 Å². The second kappa shape index (κ2) is 16.0. The van der Waals surface area contributed by atoms with Crippen LogP contribution in [0.4, 0.5) is 11.4 Å². The van der Waals surface area contributed by atoms with Gasteiger partial charge >= 0.3 is 5.97 Å². The Morgan fingerprint density at radius 1 is 0.646 bits per heavy atom. The fourth-order valence-corrected chi connectivity index (χ4v) is 6.02. The minimum Gasteiger partial charge on any atom is -0.478 e. The molecule has 5 rings (SSSR count). The Balaban J connectivity index is 1.34. The summed E-state index contributed by atoms with van der Waals surface area (Å²) < 4.78 is 0. The molecule has 0 saturated carbocycles. The number of amides is 3. The molecule has 0 fully saturated rings. The molecule has 0 aliphatic carbocycles. The molecule has 0 radical (unpaired) electrons. The first kappa shape index (κ1) is 34.0. The predicted molar refractivity (Wildman–Crippen MR) is 190 cm³/mol. The van der Waals surface area contributed by atoms with Crippen LogP contribution in [0.1, 0.15) is 37.1 Å². The number of rotatable bonds is 11. The maximum absolute atomic E-state index is 13.5. The Kier molecular flexibility index (Phi) is 11.3. The van der Waals surface area contributed by atoms with E-state index < -0.39 is 23.0 Å². The zero-order valence-electron chi connectivity index (χ0n) is 25.0. The molecule has 11 heteroatoms. The standard InChI is InChI=1S/C37H27Cl2N3O5S/c38-30-12-7-13-31(39)29(30)22-32(42-34(43)24-10-5-2-6-11-24)35(44)40-27-18-20-28(21-19-27)48-33(23-8-3-1-4-9-23)36(45)41-26-16-14-25(15-17-26)37(46)47/h1-22,33H,(H,40,44)(H,41,45)(H,42,43)(H,46,47)/b32-22-. The topological polar surface area (TPSA) is 125 Å². The lowest BCUT2D eigenvalue weighted by molar-refractivity contribution is -0.116. The van der Waals surface area contributed by atoms with Gasteiger partial charge in [0.25, 0.3) is 11.8 Å². The van der Waals surface area contributed by atoms with Crippen LogP contribution in [0, 0.1) is 0 Å². The average Bonchev–Trinajstić information content (AvgIpc) is 3.10. The van der Waals surface area contributed by atoms with Gasteiger partial charge in [-0.05, 0) is 84.4 Å². The lowest BCUT2D eigenvalue weighted by atomic mass is 10.1. The van der Waals surface area contributed by atoms with Crippen LogP contribution in [0.25, 0.3) is 6.08 Å². The van der Waals surface area contributed by atoms with E-state index in [1.54, 1.807) is 72.8 Å². The molecule has 0 spiro atoms. The van der Waals surface area contributed by atoms with Crippen molar-refractivity contribution in [2.24, 2.45) is 0 Å². The third-order valence-electron chi connectivity index (χ3n) is 6.92. The minimum absolute atomic E-state index is 0.0745. The van der Waals surface area contributed by atoms with E-state index in [4.69, 9.17) is 28.3 Å². The maximum Gasteiger partial charge on any atom is 0.335 e. The molecule has 8 nitrogen and oxygen atoms in total. The first-order chi connectivity index (χ1) is 23.2. The number of hydrogen-bond acceptors (Lipinski definition) is 5.